The summed E-state index contributed by atoms with van der Waals surface area (Å²) in [5, 5.41) is 2.75. The van der Waals surface area contributed by atoms with E-state index in [0.29, 0.717) is 5.69 Å². The third-order valence-corrected chi connectivity index (χ3v) is 4.76. The first-order valence-corrected chi connectivity index (χ1v) is 9.36. The molecule has 0 radical (unpaired) electrons. The zero-order valence-corrected chi connectivity index (χ0v) is 18.8. The molecule has 1 aromatic carbocycles. The van der Waals surface area contributed by atoms with Crippen LogP contribution in [0.25, 0.3) is 11.8 Å². The summed E-state index contributed by atoms with van der Waals surface area (Å²) in [4.78, 5) is 36.4. The van der Waals surface area contributed by atoms with Crippen LogP contribution in [-0.2, 0) is 29.2 Å². The number of benzene rings is 1. The second-order valence-corrected chi connectivity index (χ2v) is 7.86. The number of hydrogen-bond donors (Lipinski definition) is 1. The van der Waals surface area contributed by atoms with Crippen molar-refractivity contribution in [3.63, 3.8) is 0 Å². The Bertz CT molecular complexity index is 1150. The van der Waals surface area contributed by atoms with Gasteiger partial charge in [0.1, 0.15) is 15.7 Å². The van der Waals surface area contributed by atoms with Gasteiger partial charge in [-0.1, -0.05) is 0 Å². The van der Waals surface area contributed by atoms with Gasteiger partial charge in [-0.15, -0.1) is 0 Å². The van der Waals surface area contributed by atoms with Crippen molar-refractivity contribution in [1.82, 2.24) is 9.78 Å². The van der Waals surface area contributed by atoms with E-state index in [1.54, 1.807) is 6.92 Å². The van der Waals surface area contributed by atoms with Gasteiger partial charge in [-0.3, -0.25) is 9.89 Å². The van der Waals surface area contributed by atoms with Gasteiger partial charge >= 0.3 is 41.5 Å². The monoisotopic (exact) mass is 430 g/mol. The molecule has 0 saturated carbocycles. The van der Waals surface area contributed by atoms with Gasteiger partial charge in [-0.25, -0.2) is 22.7 Å². The summed E-state index contributed by atoms with van der Waals surface area (Å²) in [6, 6.07) is 4.67. The van der Waals surface area contributed by atoms with Crippen molar-refractivity contribution in [2.75, 3.05) is 0 Å². The van der Waals surface area contributed by atoms with E-state index in [4.69, 9.17) is 9.47 Å². The zero-order chi connectivity index (χ0) is 20.9. The average molecular weight is 430 g/mol. The molecule has 148 valence electrons. The fraction of sp³-hybridized carbons (Fsp3) is 0.235. The third-order valence-electron chi connectivity index (χ3n) is 3.91. The molecular weight excluding hydrogens is 415 g/mol. The van der Waals surface area contributed by atoms with Crippen LogP contribution in [0.1, 0.15) is 25.1 Å². The minimum atomic E-state index is -4.62. The molecule has 1 aromatic heterocycles. The van der Waals surface area contributed by atoms with Crippen LogP contribution in [0.3, 0.4) is 0 Å². The standard InChI is InChI=1S/C17H16N2O8S.Na/c1-9-12(8-13-15(21)26-17(2,3)27-16(13)22)14(20)19(18-9)10-4-6-11(7-5-10)28(23,24)25;/h4-8,18H,1-3H3,(H,23,24,25);/q;+1/p-1. The van der Waals surface area contributed by atoms with Crippen LogP contribution < -0.4 is 35.1 Å². The molecule has 1 N–H and O–H groups in total. The largest absolute Gasteiger partial charge is 1.00 e. The Kier molecular flexibility index (Phi) is 6.31. The number of aromatic nitrogens is 2. The van der Waals surface area contributed by atoms with Gasteiger partial charge in [0, 0.05) is 19.5 Å². The molecular formula is C17H15N2NaO8S. The molecule has 0 atom stereocenters. The molecule has 0 unspecified atom stereocenters. The Morgan fingerprint density at radius 2 is 1.59 bits per heavy atom. The Labute approximate surface area is 187 Å². The number of aromatic amines is 1. The summed E-state index contributed by atoms with van der Waals surface area (Å²) < 4.78 is 44.1. The van der Waals surface area contributed by atoms with Crippen molar-refractivity contribution in [2.45, 2.75) is 31.5 Å². The molecule has 1 aliphatic rings. The van der Waals surface area contributed by atoms with Crippen LogP contribution in [0, 0.1) is 6.92 Å². The number of nitrogens with zero attached hydrogens (tertiary/aromatic N) is 1. The van der Waals surface area contributed by atoms with Crippen molar-refractivity contribution in [2.24, 2.45) is 0 Å². The molecule has 0 spiro atoms. The first kappa shape index (κ1) is 23.1. The number of carbonyl (C=O) groups excluding carboxylic acids is 2. The number of carbonyl (C=O) groups is 2. The zero-order valence-electron chi connectivity index (χ0n) is 16.0. The fourth-order valence-corrected chi connectivity index (χ4v) is 3.07. The maximum absolute atomic E-state index is 12.7. The number of H-pyrrole nitrogens is 1. The number of nitrogens with one attached hydrogen (secondary N) is 1. The minimum Gasteiger partial charge on any atom is -0.744 e. The molecule has 29 heavy (non-hydrogen) atoms. The van der Waals surface area contributed by atoms with Crippen LogP contribution in [0.15, 0.2) is 39.5 Å². The third kappa shape index (κ3) is 4.70. The summed E-state index contributed by atoms with van der Waals surface area (Å²) in [6.07, 6.45) is 1.07. The number of rotatable bonds is 3. The van der Waals surface area contributed by atoms with Gasteiger partial charge in [0.25, 0.3) is 11.3 Å². The Morgan fingerprint density at radius 3 is 2.07 bits per heavy atom. The van der Waals surface area contributed by atoms with Crippen molar-refractivity contribution < 1.29 is 61.6 Å². The summed E-state index contributed by atoms with van der Waals surface area (Å²) in [6.45, 7) is 4.35. The summed E-state index contributed by atoms with van der Waals surface area (Å²) in [5.74, 6) is -3.24. The van der Waals surface area contributed by atoms with E-state index in [1.807, 2.05) is 0 Å². The van der Waals surface area contributed by atoms with Crippen molar-refractivity contribution in [3.8, 4) is 5.69 Å². The van der Waals surface area contributed by atoms with E-state index in [2.05, 4.69) is 5.10 Å². The van der Waals surface area contributed by atoms with Gasteiger partial charge in [0.2, 0.25) is 0 Å². The topological polar surface area (TPSA) is 148 Å². The SMILES string of the molecule is Cc1[nH]n(-c2ccc(S(=O)(=O)[O-])cc2)c(=O)c1C=C1C(=O)OC(C)(C)OC1=O.[Na+]. The molecule has 1 saturated heterocycles. The van der Waals surface area contributed by atoms with E-state index in [0.717, 1.165) is 22.9 Å². The number of esters is 2. The second-order valence-electron chi connectivity index (χ2n) is 6.48. The van der Waals surface area contributed by atoms with Crippen LogP contribution in [0.5, 0.6) is 0 Å². The van der Waals surface area contributed by atoms with Crippen LogP contribution in [0.2, 0.25) is 0 Å². The molecule has 0 aliphatic carbocycles. The predicted octanol–water partition coefficient (Wildman–Crippen LogP) is -2.40. The Balaban J connectivity index is 0.00000300. The summed E-state index contributed by atoms with van der Waals surface area (Å²) >= 11 is 0. The minimum absolute atomic E-state index is 0. The molecule has 0 amide bonds. The van der Waals surface area contributed by atoms with E-state index in [1.165, 1.54) is 26.0 Å². The maximum atomic E-state index is 12.7. The quantitative estimate of drug-likeness (QED) is 0.186. The van der Waals surface area contributed by atoms with Gasteiger partial charge in [0.15, 0.2) is 0 Å². The molecule has 2 heterocycles. The summed E-state index contributed by atoms with van der Waals surface area (Å²) in [5.41, 5.74) is -0.431. The smallest absolute Gasteiger partial charge is 0.744 e. The molecule has 0 bridgehead atoms. The number of ether oxygens (including phenoxy) is 2. The van der Waals surface area contributed by atoms with Crippen LogP contribution >= 0.6 is 0 Å². The molecule has 3 rings (SSSR count). The van der Waals surface area contributed by atoms with E-state index in [9.17, 15) is 27.4 Å². The van der Waals surface area contributed by atoms with Gasteiger partial charge < -0.3 is 14.0 Å². The first-order valence-electron chi connectivity index (χ1n) is 7.95. The average Bonchev–Trinajstić information content (AvgIpc) is 2.84. The second kappa shape index (κ2) is 7.92. The molecule has 12 heteroatoms. The molecule has 1 aliphatic heterocycles. The molecule has 2 aromatic rings. The van der Waals surface area contributed by atoms with Crippen molar-refractivity contribution in [1.29, 1.82) is 0 Å². The van der Waals surface area contributed by atoms with Gasteiger partial charge in [-0.2, -0.15) is 0 Å². The van der Waals surface area contributed by atoms with Crippen LogP contribution in [-0.4, -0.2) is 40.5 Å². The summed E-state index contributed by atoms with van der Waals surface area (Å²) in [7, 11) is -4.62. The van der Waals surface area contributed by atoms with Crippen LogP contribution in [0.4, 0.5) is 0 Å². The van der Waals surface area contributed by atoms with E-state index in [-0.39, 0.29) is 40.8 Å². The number of hydrogen-bond acceptors (Lipinski definition) is 8. The Hall–Kier alpha value is -2.18. The fourth-order valence-electron chi connectivity index (χ4n) is 2.60. The van der Waals surface area contributed by atoms with Gasteiger partial charge in [-0.05, 0) is 37.3 Å². The predicted molar refractivity (Wildman–Crippen MR) is 93.3 cm³/mol. The van der Waals surface area contributed by atoms with E-state index >= 15 is 0 Å². The number of aryl methyl sites for hydroxylation is 1. The van der Waals surface area contributed by atoms with Crippen molar-refractivity contribution >= 4 is 28.1 Å². The molecule has 10 nitrogen and oxygen atoms in total. The van der Waals surface area contributed by atoms with E-state index < -0.39 is 43.9 Å². The van der Waals surface area contributed by atoms with Crippen molar-refractivity contribution in [3.05, 3.63) is 51.4 Å². The van der Waals surface area contributed by atoms with Gasteiger partial charge in [0.05, 0.1) is 16.1 Å². The Morgan fingerprint density at radius 1 is 1.07 bits per heavy atom. The normalized spacial score (nSPS) is 15.9. The number of cyclic esters (lactones) is 2. The molecule has 1 fully saturated rings. The maximum Gasteiger partial charge on any atom is 1.00 e. The first-order chi connectivity index (χ1) is 12.9.